The quantitative estimate of drug-likeness (QED) is 0.742. The minimum atomic E-state index is 0.216. The van der Waals surface area contributed by atoms with Gasteiger partial charge >= 0.3 is 0 Å². The van der Waals surface area contributed by atoms with Crippen LogP contribution in [0.25, 0.3) is 5.69 Å². The van der Waals surface area contributed by atoms with E-state index in [-0.39, 0.29) is 5.75 Å². The van der Waals surface area contributed by atoms with Gasteiger partial charge in [0.25, 0.3) is 0 Å². The Morgan fingerprint density at radius 3 is 2.84 bits per heavy atom. The maximum atomic E-state index is 9.28. The predicted octanol–water partition coefficient (Wildman–Crippen LogP) is 2.12. The fourth-order valence-electron chi connectivity index (χ4n) is 1.47. The average molecular weight is 291 g/mol. The third kappa shape index (κ3) is 2.74. The number of nitrogens with zero attached hydrogens (tertiary/aromatic N) is 5. The third-order valence-electron chi connectivity index (χ3n) is 2.37. The number of benzene rings is 1. The number of phenolic OH excluding ortho intramolecular Hbond substituents is 1. The van der Waals surface area contributed by atoms with Crippen molar-refractivity contribution in [2.24, 2.45) is 0 Å². The summed E-state index contributed by atoms with van der Waals surface area (Å²) in [5.74, 6) is 0.940. The number of phenols is 1. The summed E-state index contributed by atoms with van der Waals surface area (Å²) in [5.41, 5.74) is 3.62. The average Bonchev–Trinajstić information content (AvgIpc) is 3.08. The second-order valence-corrected chi connectivity index (χ2v) is 5.32. The summed E-state index contributed by atoms with van der Waals surface area (Å²) in [4.78, 5) is 4.22. The number of aromatic nitrogens is 5. The number of rotatable bonds is 4. The molecule has 0 fully saturated rings. The van der Waals surface area contributed by atoms with Crippen molar-refractivity contribution in [3.63, 3.8) is 0 Å². The Balaban J connectivity index is 1.80. The van der Waals surface area contributed by atoms with E-state index in [2.05, 4.69) is 20.5 Å². The van der Waals surface area contributed by atoms with Crippen molar-refractivity contribution in [1.29, 1.82) is 0 Å². The van der Waals surface area contributed by atoms with Crippen LogP contribution < -0.4 is 0 Å². The van der Waals surface area contributed by atoms with Gasteiger partial charge in [-0.25, -0.2) is 4.98 Å². The molecule has 0 bridgehead atoms. The molecule has 0 radical (unpaired) electrons. The van der Waals surface area contributed by atoms with Crippen LogP contribution in [0.15, 0.2) is 40.3 Å². The van der Waals surface area contributed by atoms with Crippen LogP contribution in [0.5, 0.6) is 5.75 Å². The van der Waals surface area contributed by atoms with Crippen molar-refractivity contribution in [2.75, 3.05) is 0 Å². The van der Waals surface area contributed by atoms with Gasteiger partial charge in [0, 0.05) is 11.1 Å². The van der Waals surface area contributed by atoms with Gasteiger partial charge in [-0.1, -0.05) is 11.8 Å². The molecule has 19 heavy (non-hydrogen) atoms. The summed E-state index contributed by atoms with van der Waals surface area (Å²) >= 11 is 3.09. The summed E-state index contributed by atoms with van der Waals surface area (Å²) in [6, 6.07) is 6.73. The van der Waals surface area contributed by atoms with Gasteiger partial charge < -0.3 is 5.11 Å². The standard InChI is InChI=1S/C11H9N5OS2/c17-10-3-1-9(2-4-10)16-11(13-14-15-16)19-6-8-5-18-7-12-8/h1-5,7,17H,6H2. The molecule has 2 aromatic heterocycles. The molecule has 0 saturated heterocycles. The molecule has 0 amide bonds. The Morgan fingerprint density at radius 1 is 1.26 bits per heavy atom. The van der Waals surface area contributed by atoms with E-state index in [0.717, 1.165) is 17.1 Å². The first-order chi connectivity index (χ1) is 9.33. The minimum Gasteiger partial charge on any atom is -0.508 e. The number of thiazole rings is 1. The molecule has 0 saturated carbocycles. The molecule has 1 N–H and O–H groups in total. The van der Waals surface area contributed by atoms with Crippen molar-refractivity contribution >= 4 is 23.1 Å². The highest BCUT2D eigenvalue weighted by molar-refractivity contribution is 7.98. The van der Waals surface area contributed by atoms with E-state index in [4.69, 9.17) is 0 Å². The van der Waals surface area contributed by atoms with Gasteiger partial charge in [-0.2, -0.15) is 4.68 Å². The van der Waals surface area contributed by atoms with Gasteiger partial charge in [-0.05, 0) is 34.7 Å². The molecular formula is C11H9N5OS2. The lowest BCUT2D eigenvalue weighted by atomic mass is 10.3. The first kappa shape index (κ1) is 12.1. The molecule has 0 spiro atoms. The zero-order valence-electron chi connectivity index (χ0n) is 9.67. The van der Waals surface area contributed by atoms with Crippen LogP contribution in [0, 0.1) is 0 Å². The molecule has 0 unspecified atom stereocenters. The summed E-state index contributed by atoms with van der Waals surface area (Å²) in [6.07, 6.45) is 0. The summed E-state index contributed by atoms with van der Waals surface area (Å²) in [7, 11) is 0. The molecule has 6 nitrogen and oxygen atoms in total. The smallest absolute Gasteiger partial charge is 0.214 e. The summed E-state index contributed by atoms with van der Waals surface area (Å²) in [5, 5.41) is 23.6. The van der Waals surface area contributed by atoms with E-state index >= 15 is 0 Å². The Kier molecular flexibility index (Phi) is 3.43. The first-order valence-electron chi connectivity index (χ1n) is 5.40. The Hall–Kier alpha value is -1.93. The summed E-state index contributed by atoms with van der Waals surface area (Å²) in [6.45, 7) is 0. The third-order valence-corrected chi connectivity index (χ3v) is 3.96. The van der Waals surface area contributed by atoms with Crippen LogP contribution in [0.1, 0.15) is 5.69 Å². The first-order valence-corrected chi connectivity index (χ1v) is 7.33. The lowest BCUT2D eigenvalue weighted by Crippen LogP contribution is -1.98. The fourth-order valence-corrected chi connectivity index (χ4v) is 2.93. The van der Waals surface area contributed by atoms with E-state index in [1.807, 2.05) is 5.38 Å². The molecule has 3 aromatic rings. The van der Waals surface area contributed by atoms with Gasteiger partial charge in [0.2, 0.25) is 5.16 Å². The van der Waals surface area contributed by atoms with E-state index < -0.39 is 0 Å². The Labute approximate surface area is 117 Å². The van der Waals surface area contributed by atoms with Crippen LogP contribution in [0.2, 0.25) is 0 Å². The highest BCUT2D eigenvalue weighted by Crippen LogP contribution is 2.23. The number of hydrogen-bond acceptors (Lipinski definition) is 7. The van der Waals surface area contributed by atoms with Crippen molar-refractivity contribution < 1.29 is 5.11 Å². The van der Waals surface area contributed by atoms with Crippen LogP contribution in [-0.4, -0.2) is 30.3 Å². The van der Waals surface area contributed by atoms with Gasteiger partial charge in [-0.3, -0.25) is 0 Å². The van der Waals surface area contributed by atoms with Gasteiger partial charge in [0.15, 0.2) is 0 Å². The molecule has 0 aliphatic carbocycles. The lowest BCUT2D eigenvalue weighted by molar-refractivity contribution is 0.475. The zero-order chi connectivity index (χ0) is 13.1. The SMILES string of the molecule is Oc1ccc(-n2nnnc2SCc2cscn2)cc1. The van der Waals surface area contributed by atoms with E-state index in [0.29, 0.717) is 5.16 Å². The van der Waals surface area contributed by atoms with Crippen LogP contribution in [-0.2, 0) is 5.75 Å². The second kappa shape index (κ2) is 5.37. The predicted molar refractivity (Wildman–Crippen MR) is 72.5 cm³/mol. The molecule has 0 aliphatic heterocycles. The fraction of sp³-hybridized carbons (Fsp3) is 0.0909. The van der Waals surface area contributed by atoms with Crippen molar-refractivity contribution in [2.45, 2.75) is 10.9 Å². The maximum Gasteiger partial charge on any atom is 0.214 e. The summed E-state index contributed by atoms with van der Waals surface area (Å²) < 4.78 is 1.64. The van der Waals surface area contributed by atoms with Gasteiger partial charge in [-0.15, -0.1) is 16.4 Å². The monoisotopic (exact) mass is 291 g/mol. The highest BCUT2D eigenvalue weighted by Gasteiger charge is 2.09. The van der Waals surface area contributed by atoms with Crippen LogP contribution >= 0.6 is 23.1 Å². The Morgan fingerprint density at radius 2 is 2.11 bits per heavy atom. The second-order valence-electron chi connectivity index (χ2n) is 3.66. The molecule has 0 atom stereocenters. The van der Waals surface area contributed by atoms with E-state index in [1.54, 1.807) is 45.8 Å². The molecule has 1 aromatic carbocycles. The van der Waals surface area contributed by atoms with Crippen molar-refractivity contribution in [3.05, 3.63) is 40.8 Å². The molecule has 3 rings (SSSR count). The minimum absolute atomic E-state index is 0.216. The number of hydrogen-bond donors (Lipinski definition) is 1. The number of tetrazole rings is 1. The molecule has 8 heteroatoms. The van der Waals surface area contributed by atoms with Gasteiger partial charge in [0.05, 0.1) is 16.9 Å². The van der Waals surface area contributed by atoms with Crippen molar-refractivity contribution in [3.8, 4) is 11.4 Å². The molecule has 2 heterocycles. The molecule has 96 valence electrons. The lowest BCUT2D eigenvalue weighted by Gasteiger charge is -2.03. The molecular weight excluding hydrogens is 282 g/mol. The normalized spacial score (nSPS) is 10.7. The number of aromatic hydroxyl groups is 1. The van der Waals surface area contributed by atoms with Crippen LogP contribution in [0.4, 0.5) is 0 Å². The zero-order valence-corrected chi connectivity index (χ0v) is 11.3. The van der Waals surface area contributed by atoms with Crippen molar-refractivity contribution in [1.82, 2.24) is 25.2 Å². The topological polar surface area (TPSA) is 76.7 Å². The highest BCUT2D eigenvalue weighted by atomic mass is 32.2. The van der Waals surface area contributed by atoms with Gasteiger partial charge in [0.1, 0.15) is 5.75 Å². The van der Waals surface area contributed by atoms with Crippen LogP contribution in [0.3, 0.4) is 0 Å². The number of thioether (sulfide) groups is 1. The largest absolute Gasteiger partial charge is 0.508 e. The van der Waals surface area contributed by atoms with E-state index in [1.165, 1.54) is 11.8 Å². The maximum absolute atomic E-state index is 9.28. The Bertz CT molecular complexity index is 650. The van der Waals surface area contributed by atoms with E-state index in [9.17, 15) is 5.11 Å². The molecule has 0 aliphatic rings.